The summed E-state index contributed by atoms with van der Waals surface area (Å²) in [6.07, 6.45) is 4.56. The number of alkyl halides is 2. The topological polar surface area (TPSA) is 117 Å². The number of amidine groups is 1. The van der Waals surface area contributed by atoms with E-state index in [-0.39, 0.29) is 29.6 Å². The Labute approximate surface area is 266 Å². The summed E-state index contributed by atoms with van der Waals surface area (Å²) in [5, 5.41) is 6.56. The van der Waals surface area contributed by atoms with Crippen molar-refractivity contribution in [2.75, 3.05) is 6.54 Å². The molecule has 0 radical (unpaired) electrons. The van der Waals surface area contributed by atoms with Crippen LogP contribution in [-0.2, 0) is 10.2 Å². The van der Waals surface area contributed by atoms with Crippen molar-refractivity contribution in [2.24, 2.45) is 10.9 Å². The van der Waals surface area contributed by atoms with Gasteiger partial charge in [-0.15, -0.1) is 11.3 Å². The molecule has 6 rings (SSSR count). The molecule has 3 aromatic heterocycles. The lowest BCUT2D eigenvalue weighted by atomic mass is 9.92. The minimum absolute atomic E-state index is 0.0933. The van der Waals surface area contributed by atoms with Crippen LogP contribution in [0.5, 0.6) is 0 Å². The van der Waals surface area contributed by atoms with E-state index < -0.39 is 40.7 Å². The van der Waals surface area contributed by atoms with Crippen molar-refractivity contribution >= 4 is 44.6 Å². The molecule has 4 aromatic rings. The number of fused-ring (bicyclic) bond motifs is 1. The monoisotopic (exact) mass is 676 g/mol. The third-order valence-electron chi connectivity index (χ3n) is 7.50. The van der Waals surface area contributed by atoms with Crippen molar-refractivity contribution in [1.29, 1.82) is 0 Å². The van der Waals surface area contributed by atoms with Crippen molar-refractivity contribution in [3.05, 3.63) is 105 Å². The largest absolute Gasteiger partial charge is 0.333 e. The first-order valence-electron chi connectivity index (χ1n) is 14.0. The Morgan fingerprint density at radius 1 is 1.11 bits per heavy atom. The molecule has 0 unspecified atom stereocenters. The SMILES string of the molecule is CC(C)[C@H](NS(=O)(=O)N[C@H]1CC2=C(c3ccn(C(F)F)n3)[C@H](c3ccc(F)cc3Cl)N=C(c3nccs3)N2C1)c1ccccn1. The van der Waals surface area contributed by atoms with Crippen LogP contribution in [0.1, 0.15) is 60.9 Å². The van der Waals surface area contributed by atoms with Crippen LogP contribution in [0.15, 0.2) is 77.1 Å². The highest BCUT2D eigenvalue weighted by atomic mass is 35.5. The third kappa shape index (κ3) is 6.53. The van der Waals surface area contributed by atoms with Gasteiger partial charge in [-0.3, -0.25) is 9.98 Å². The number of halogens is 4. The maximum Gasteiger partial charge on any atom is 0.333 e. The summed E-state index contributed by atoms with van der Waals surface area (Å²) in [6, 6.07) is 8.55. The van der Waals surface area contributed by atoms with Gasteiger partial charge in [-0.05, 0) is 36.2 Å². The number of benzene rings is 1. The Hall–Kier alpha value is -3.63. The standard InChI is InChI=1S/C29H28ClF3N8O2S2/c1-16(2)25(22-5-3-4-9-34-22)39-45(42,43)38-18-14-23-24(21-8-11-41(37-21)29(32)33)26(19-7-6-17(31)13-20(19)30)36-27(40(23)15-18)28-35-10-12-44-28/h3-13,16,18,25-26,29,38-39H,14-15H2,1-2H3/t18-,25-,26-/m0/s1. The number of hydrogen-bond acceptors (Lipinski definition) is 8. The maximum absolute atomic E-state index is 14.1. The molecule has 2 N–H and O–H groups in total. The first-order valence-corrected chi connectivity index (χ1v) is 16.7. The van der Waals surface area contributed by atoms with Crippen LogP contribution >= 0.6 is 22.9 Å². The molecule has 1 aromatic carbocycles. The van der Waals surface area contributed by atoms with Crippen LogP contribution in [0.4, 0.5) is 13.2 Å². The molecule has 5 heterocycles. The second kappa shape index (κ2) is 12.6. The van der Waals surface area contributed by atoms with E-state index in [1.54, 1.807) is 36.0 Å². The number of aliphatic imine (C=N–C) groups is 1. The van der Waals surface area contributed by atoms with E-state index >= 15 is 0 Å². The van der Waals surface area contributed by atoms with Crippen molar-refractivity contribution in [3.63, 3.8) is 0 Å². The van der Waals surface area contributed by atoms with Crippen LogP contribution < -0.4 is 9.44 Å². The van der Waals surface area contributed by atoms with Crippen LogP contribution in [0.2, 0.25) is 5.02 Å². The molecule has 2 aliphatic rings. The lowest BCUT2D eigenvalue weighted by molar-refractivity contribution is 0.0564. The van der Waals surface area contributed by atoms with Gasteiger partial charge in [-0.25, -0.2) is 14.1 Å². The van der Waals surface area contributed by atoms with E-state index in [1.807, 2.05) is 18.7 Å². The van der Waals surface area contributed by atoms with Crippen molar-refractivity contribution in [2.45, 2.75) is 44.9 Å². The molecule has 0 bridgehead atoms. The molecule has 45 heavy (non-hydrogen) atoms. The molecule has 236 valence electrons. The van der Waals surface area contributed by atoms with E-state index in [1.165, 1.54) is 29.5 Å². The number of thiazole rings is 1. The predicted molar refractivity (Wildman–Crippen MR) is 165 cm³/mol. The number of nitrogens with one attached hydrogen (secondary N) is 2. The van der Waals surface area contributed by atoms with E-state index in [0.29, 0.717) is 38.1 Å². The number of hydrogen-bond donors (Lipinski definition) is 2. The lowest BCUT2D eigenvalue weighted by Crippen LogP contribution is -2.46. The molecular formula is C29H28ClF3N8O2S2. The molecule has 0 spiro atoms. The van der Waals surface area contributed by atoms with E-state index in [9.17, 15) is 21.6 Å². The predicted octanol–water partition coefficient (Wildman–Crippen LogP) is 5.73. The van der Waals surface area contributed by atoms with Gasteiger partial charge in [-0.1, -0.05) is 37.6 Å². The first kappa shape index (κ1) is 31.4. The number of rotatable bonds is 10. The zero-order valence-electron chi connectivity index (χ0n) is 24.0. The Morgan fingerprint density at radius 2 is 1.93 bits per heavy atom. The number of aromatic nitrogens is 4. The van der Waals surface area contributed by atoms with Gasteiger partial charge in [0.1, 0.15) is 11.9 Å². The molecule has 1 fully saturated rings. The summed E-state index contributed by atoms with van der Waals surface area (Å²) in [6.45, 7) is 1.08. The molecule has 0 aliphatic carbocycles. The zero-order chi connectivity index (χ0) is 31.9. The van der Waals surface area contributed by atoms with Gasteiger partial charge in [0.15, 0.2) is 10.8 Å². The Balaban J connectivity index is 1.41. The summed E-state index contributed by atoms with van der Waals surface area (Å²) < 4.78 is 74.3. The van der Waals surface area contributed by atoms with Crippen molar-refractivity contribution in [3.8, 4) is 0 Å². The van der Waals surface area contributed by atoms with Crippen LogP contribution in [-0.4, -0.2) is 51.5 Å². The molecular weight excluding hydrogens is 649 g/mol. The Morgan fingerprint density at radius 3 is 2.58 bits per heavy atom. The third-order valence-corrected chi connectivity index (χ3v) is 9.81. The van der Waals surface area contributed by atoms with Crippen molar-refractivity contribution in [1.82, 2.24) is 34.1 Å². The van der Waals surface area contributed by atoms with Gasteiger partial charge in [0.25, 0.3) is 10.2 Å². The lowest BCUT2D eigenvalue weighted by Gasteiger charge is -2.32. The van der Waals surface area contributed by atoms with Crippen LogP contribution in [0, 0.1) is 11.7 Å². The molecule has 2 aliphatic heterocycles. The Bertz CT molecular complexity index is 1850. The smallest absolute Gasteiger partial charge is 0.326 e. The van der Waals surface area contributed by atoms with Gasteiger partial charge in [-0.2, -0.15) is 31.7 Å². The minimum Gasteiger partial charge on any atom is -0.326 e. The average Bonchev–Trinajstić information content (AvgIpc) is 3.77. The fourth-order valence-electron chi connectivity index (χ4n) is 5.55. The molecule has 3 atom stereocenters. The van der Waals surface area contributed by atoms with E-state index in [2.05, 4.69) is 24.5 Å². The highest BCUT2D eigenvalue weighted by Crippen LogP contribution is 2.46. The molecule has 10 nitrogen and oxygen atoms in total. The summed E-state index contributed by atoms with van der Waals surface area (Å²) >= 11 is 7.85. The van der Waals surface area contributed by atoms with Gasteiger partial charge in [0.05, 0.1) is 17.4 Å². The van der Waals surface area contributed by atoms with Crippen LogP contribution in [0.25, 0.3) is 5.57 Å². The summed E-state index contributed by atoms with van der Waals surface area (Å²) in [5.41, 5.74) is 2.28. The quantitative estimate of drug-likeness (QED) is 0.222. The highest BCUT2D eigenvalue weighted by molar-refractivity contribution is 7.87. The van der Waals surface area contributed by atoms with Gasteiger partial charge >= 0.3 is 6.55 Å². The first-order chi connectivity index (χ1) is 21.5. The van der Waals surface area contributed by atoms with Gasteiger partial charge in [0.2, 0.25) is 0 Å². The van der Waals surface area contributed by atoms with Crippen LogP contribution in [0.3, 0.4) is 0 Å². The fraction of sp³-hybridized carbons (Fsp3) is 0.310. The molecule has 16 heteroatoms. The van der Waals surface area contributed by atoms with E-state index in [4.69, 9.17) is 16.6 Å². The number of pyridine rings is 1. The number of nitrogens with zero attached hydrogens (tertiary/aromatic N) is 6. The van der Waals surface area contributed by atoms with Crippen molar-refractivity contribution < 1.29 is 21.6 Å². The fourth-order valence-corrected chi connectivity index (χ4v) is 7.85. The summed E-state index contributed by atoms with van der Waals surface area (Å²) in [4.78, 5) is 15.6. The summed E-state index contributed by atoms with van der Waals surface area (Å²) in [7, 11) is -4.06. The maximum atomic E-state index is 14.1. The second-order valence-corrected chi connectivity index (χ2v) is 13.7. The molecule has 1 saturated heterocycles. The second-order valence-electron chi connectivity index (χ2n) is 10.9. The summed E-state index contributed by atoms with van der Waals surface area (Å²) in [5.74, 6) is -0.198. The van der Waals surface area contributed by atoms with Gasteiger partial charge < -0.3 is 4.90 Å². The highest BCUT2D eigenvalue weighted by Gasteiger charge is 2.42. The van der Waals surface area contributed by atoms with E-state index in [0.717, 1.165) is 12.3 Å². The van der Waals surface area contributed by atoms with Gasteiger partial charge in [0, 0.05) is 64.8 Å². The molecule has 0 amide bonds. The minimum atomic E-state index is -4.06. The Kier molecular flexibility index (Phi) is 8.81. The average molecular weight is 677 g/mol. The zero-order valence-corrected chi connectivity index (χ0v) is 26.4. The molecule has 0 saturated carbocycles. The normalized spacial score (nSPS) is 19.4.